The number of carbonyl (C=O) groups excluding carboxylic acids is 3. The molecule has 7 heteroatoms. The van der Waals surface area contributed by atoms with Crippen LogP contribution in [0.15, 0.2) is 24.3 Å². The summed E-state index contributed by atoms with van der Waals surface area (Å²) in [6, 6.07) is 7.47. The summed E-state index contributed by atoms with van der Waals surface area (Å²) in [5, 5.41) is 5.90. The van der Waals surface area contributed by atoms with E-state index >= 15 is 0 Å². The molecule has 1 aliphatic carbocycles. The molecule has 1 aromatic carbocycles. The first-order valence-corrected chi connectivity index (χ1v) is 10.4. The van der Waals surface area contributed by atoms with E-state index in [0.717, 1.165) is 38.8 Å². The summed E-state index contributed by atoms with van der Waals surface area (Å²) in [5.41, 5.74) is 1.31. The van der Waals surface area contributed by atoms with Gasteiger partial charge in [-0.25, -0.2) is 4.79 Å². The molecule has 0 unspecified atom stereocenters. The van der Waals surface area contributed by atoms with Gasteiger partial charge < -0.3 is 20.4 Å². The summed E-state index contributed by atoms with van der Waals surface area (Å²) >= 11 is 0. The fourth-order valence-electron chi connectivity index (χ4n) is 3.89. The monoisotopic (exact) mass is 384 g/mol. The van der Waals surface area contributed by atoms with E-state index in [-0.39, 0.29) is 23.8 Å². The Hall–Kier alpha value is -2.57. The van der Waals surface area contributed by atoms with Gasteiger partial charge >= 0.3 is 6.03 Å². The maximum atomic E-state index is 12.6. The van der Waals surface area contributed by atoms with Gasteiger partial charge in [0.1, 0.15) is 0 Å². The highest BCUT2D eigenvalue weighted by molar-refractivity contribution is 5.96. The Morgan fingerprint density at radius 2 is 1.43 bits per heavy atom. The van der Waals surface area contributed by atoms with Crippen LogP contribution in [0.2, 0.25) is 0 Å². The second-order valence-electron chi connectivity index (χ2n) is 8.05. The van der Waals surface area contributed by atoms with Crippen LogP contribution in [0.5, 0.6) is 0 Å². The number of hydrogen-bond acceptors (Lipinski definition) is 3. The van der Waals surface area contributed by atoms with Crippen LogP contribution in [0.3, 0.4) is 0 Å². The number of amides is 4. The fraction of sp³-hybridized carbons (Fsp3) is 0.571. The van der Waals surface area contributed by atoms with E-state index in [1.807, 2.05) is 9.80 Å². The van der Waals surface area contributed by atoms with Crippen molar-refractivity contribution in [1.29, 1.82) is 0 Å². The normalized spacial score (nSPS) is 20.1. The first-order valence-electron chi connectivity index (χ1n) is 10.4. The third-order valence-electron chi connectivity index (χ3n) is 5.84. The van der Waals surface area contributed by atoms with Crippen LogP contribution < -0.4 is 10.6 Å². The summed E-state index contributed by atoms with van der Waals surface area (Å²) in [6.07, 6.45) is 5.67. The zero-order valence-corrected chi connectivity index (χ0v) is 16.2. The predicted octanol–water partition coefficient (Wildman–Crippen LogP) is 2.45. The molecule has 1 aromatic rings. The van der Waals surface area contributed by atoms with Crippen molar-refractivity contribution in [2.75, 3.05) is 31.5 Å². The van der Waals surface area contributed by atoms with Crippen LogP contribution in [0.1, 0.15) is 48.9 Å². The third kappa shape index (κ3) is 4.46. The van der Waals surface area contributed by atoms with E-state index in [1.54, 1.807) is 24.3 Å². The smallest absolute Gasteiger partial charge is 0.319 e. The van der Waals surface area contributed by atoms with E-state index in [0.29, 0.717) is 43.2 Å². The molecule has 150 valence electrons. The maximum absolute atomic E-state index is 12.6. The molecule has 0 spiro atoms. The molecular formula is C21H28N4O3. The van der Waals surface area contributed by atoms with Gasteiger partial charge in [-0.1, -0.05) is 0 Å². The Balaban J connectivity index is 1.25. The van der Waals surface area contributed by atoms with Crippen molar-refractivity contribution in [3.63, 3.8) is 0 Å². The van der Waals surface area contributed by atoms with Gasteiger partial charge in [0.25, 0.3) is 5.91 Å². The second kappa shape index (κ2) is 8.20. The van der Waals surface area contributed by atoms with Crippen LogP contribution in [-0.2, 0) is 4.79 Å². The van der Waals surface area contributed by atoms with E-state index in [2.05, 4.69) is 10.6 Å². The Bertz CT molecular complexity index is 731. The van der Waals surface area contributed by atoms with Crippen molar-refractivity contribution in [3.8, 4) is 0 Å². The standard InChI is InChI=1S/C21H28N4O3/c26-19(23-18-7-8-18)15-3-5-17(6-4-15)22-20(27)16-9-13-25(14-10-16)21(28)24-11-1-2-12-24/h3-6,16,18H,1-2,7-14H2,(H,22,27)(H,23,26). The van der Waals surface area contributed by atoms with Gasteiger partial charge in [0, 0.05) is 49.4 Å². The Morgan fingerprint density at radius 3 is 2.04 bits per heavy atom. The fourth-order valence-corrected chi connectivity index (χ4v) is 3.89. The molecule has 2 aliphatic heterocycles. The molecule has 2 N–H and O–H groups in total. The lowest BCUT2D eigenvalue weighted by Gasteiger charge is -2.34. The molecule has 2 saturated heterocycles. The Labute approximate surface area is 165 Å². The van der Waals surface area contributed by atoms with Gasteiger partial charge in [0.15, 0.2) is 0 Å². The summed E-state index contributed by atoms with van der Waals surface area (Å²) in [6.45, 7) is 2.98. The number of nitrogens with zero attached hydrogens (tertiary/aromatic N) is 2. The summed E-state index contributed by atoms with van der Waals surface area (Å²) < 4.78 is 0. The molecule has 0 atom stereocenters. The van der Waals surface area contributed by atoms with Gasteiger partial charge in [-0.15, -0.1) is 0 Å². The van der Waals surface area contributed by atoms with E-state index in [4.69, 9.17) is 0 Å². The molecule has 0 aromatic heterocycles. The lowest BCUT2D eigenvalue weighted by Crippen LogP contribution is -2.47. The van der Waals surface area contributed by atoms with E-state index < -0.39 is 0 Å². The molecule has 4 rings (SSSR count). The zero-order chi connectivity index (χ0) is 19.5. The van der Waals surface area contributed by atoms with E-state index in [9.17, 15) is 14.4 Å². The number of likely N-dealkylation sites (tertiary alicyclic amines) is 2. The third-order valence-corrected chi connectivity index (χ3v) is 5.84. The first kappa shape index (κ1) is 18.8. The lowest BCUT2D eigenvalue weighted by molar-refractivity contribution is -0.121. The van der Waals surface area contributed by atoms with Crippen LogP contribution >= 0.6 is 0 Å². The van der Waals surface area contributed by atoms with Gasteiger partial charge in [0.2, 0.25) is 5.91 Å². The number of hydrogen-bond donors (Lipinski definition) is 2. The molecule has 4 amide bonds. The number of rotatable bonds is 4. The van der Waals surface area contributed by atoms with Crippen molar-refractivity contribution in [2.24, 2.45) is 5.92 Å². The van der Waals surface area contributed by atoms with Crippen molar-refractivity contribution in [1.82, 2.24) is 15.1 Å². The van der Waals surface area contributed by atoms with Gasteiger partial charge in [-0.3, -0.25) is 9.59 Å². The van der Waals surface area contributed by atoms with Crippen LogP contribution in [-0.4, -0.2) is 59.9 Å². The van der Waals surface area contributed by atoms with Crippen LogP contribution in [0.25, 0.3) is 0 Å². The number of anilines is 1. The topological polar surface area (TPSA) is 81.8 Å². The first-order chi connectivity index (χ1) is 13.6. The van der Waals surface area contributed by atoms with Gasteiger partial charge in [-0.05, 0) is 62.8 Å². The van der Waals surface area contributed by atoms with Crippen molar-refractivity contribution in [3.05, 3.63) is 29.8 Å². The molecule has 0 radical (unpaired) electrons. The summed E-state index contributed by atoms with van der Waals surface area (Å²) in [5.74, 6) is -0.153. The van der Waals surface area contributed by atoms with Gasteiger partial charge in [0.05, 0.1) is 0 Å². The highest BCUT2D eigenvalue weighted by atomic mass is 16.2. The van der Waals surface area contributed by atoms with Crippen LogP contribution in [0, 0.1) is 5.92 Å². The molecule has 0 bridgehead atoms. The zero-order valence-electron chi connectivity index (χ0n) is 16.2. The van der Waals surface area contributed by atoms with Gasteiger partial charge in [-0.2, -0.15) is 0 Å². The second-order valence-corrected chi connectivity index (χ2v) is 8.05. The lowest BCUT2D eigenvalue weighted by atomic mass is 9.96. The Kier molecular flexibility index (Phi) is 5.50. The molecule has 28 heavy (non-hydrogen) atoms. The number of carbonyl (C=O) groups is 3. The largest absolute Gasteiger partial charge is 0.349 e. The number of urea groups is 1. The predicted molar refractivity (Wildman–Crippen MR) is 106 cm³/mol. The van der Waals surface area contributed by atoms with Crippen LogP contribution in [0.4, 0.5) is 10.5 Å². The molecule has 3 fully saturated rings. The van der Waals surface area contributed by atoms with Crippen molar-refractivity contribution < 1.29 is 14.4 Å². The number of piperidine rings is 1. The number of nitrogens with one attached hydrogen (secondary N) is 2. The minimum absolute atomic E-state index is 0.0107. The highest BCUT2D eigenvalue weighted by Crippen LogP contribution is 2.22. The average molecular weight is 384 g/mol. The van der Waals surface area contributed by atoms with Crippen molar-refractivity contribution in [2.45, 2.75) is 44.6 Å². The minimum Gasteiger partial charge on any atom is -0.349 e. The minimum atomic E-state index is -0.0829. The SMILES string of the molecule is O=C(NC1CC1)c1ccc(NC(=O)C2CCN(C(=O)N3CCCC3)CC2)cc1. The summed E-state index contributed by atoms with van der Waals surface area (Å²) in [4.78, 5) is 40.8. The summed E-state index contributed by atoms with van der Waals surface area (Å²) in [7, 11) is 0. The average Bonchev–Trinajstić information content (AvgIpc) is 3.36. The van der Waals surface area contributed by atoms with Crippen molar-refractivity contribution >= 4 is 23.5 Å². The Morgan fingerprint density at radius 1 is 0.821 bits per heavy atom. The molecule has 2 heterocycles. The highest BCUT2D eigenvalue weighted by Gasteiger charge is 2.30. The number of benzene rings is 1. The quantitative estimate of drug-likeness (QED) is 0.837. The molecule has 7 nitrogen and oxygen atoms in total. The maximum Gasteiger partial charge on any atom is 0.319 e. The molecule has 1 saturated carbocycles. The van der Waals surface area contributed by atoms with E-state index in [1.165, 1.54) is 0 Å². The molecule has 3 aliphatic rings. The molecular weight excluding hydrogens is 356 g/mol.